The number of benzene rings is 2. The summed E-state index contributed by atoms with van der Waals surface area (Å²) in [5, 5.41) is 2.94. The molecule has 116 valence electrons. The first kappa shape index (κ1) is 16.1. The third kappa shape index (κ3) is 4.10. The zero-order chi connectivity index (χ0) is 16.0. The first-order chi connectivity index (χ1) is 10.5. The normalized spacial score (nSPS) is 11.0. The minimum atomic E-state index is -0.550. The quantitative estimate of drug-likeness (QED) is 0.829. The van der Waals surface area contributed by atoms with E-state index < -0.39 is 5.41 Å². The van der Waals surface area contributed by atoms with Crippen LogP contribution in [0.1, 0.15) is 25.0 Å². The van der Waals surface area contributed by atoms with Gasteiger partial charge in [0.2, 0.25) is 5.91 Å². The second-order valence-electron chi connectivity index (χ2n) is 5.91. The highest BCUT2D eigenvalue weighted by molar-refractivity contribution is 5.87. The predicted molar refractivity (Wildman–Crippen MR) is 89.2 cm³/mol. The number of carbonyl (C=O) groups is 1. The van der Waals surface area contributed by atoms with Crippen LogP contribution in [0.15, 0.2) is 54.6 Å². The maximum Gasteiger partial charge on any atom is 0.230 e. The van der Waals surface area contributed by atoms with Gasteiger partial charge in [0.05, 0.1) is 12.0 Å². The summed E-state index contributed by atoms with van der Waals surface area (Å²) in [5.41, 5.74) is 1.66. The van der Waals surface area contributed by atoms with Gasteiger partial charge in [0, 0.05) is 0 Å². The molecule has 0 aliphatic rings. The van der Waals surface area contributed by atoms with Crippen molar-refractivity contribution in [2.45, 2.75) is 26.2 Å². The number of aryl methyl sites for hydroxylation is 1. The van der Waals surface area contributed by atoms with Crippen molar-refractivity contribution in [1.29, 1.82) is 0 Å². The summed E-state index contributed by atoms with van der Waals surface area (Å²) in [7, 11) is 0. The maximum absolute atomic E-state index is 12.4. The van der Waals surface area contributed by atoms with Crippen molar-refractivity contribution >= 4 is 5.91 Å². The Kier molecular flexibility index (Phi) is 5.21. The molecule has 0 saturated heterocycles. The van der Waals surface area contributed by atoms with Gasteiger partial charge in [-0.2, -0.15) is 0 Å². The number of ether oxygens (including phenoxy) is 1. The highest BCUT2D eigenvalue weighted by atomic mass is 16.5. The fraction of sp³-hybridized carbons (Fsp3) is 0.316. The molecule has 0 aliphatic carbocycles. The van der Waals surface area contributed by atoms with Crippen LogP contribution in [0, 0.1) is 6.92 Å². The fourth-order valence-electron chi connectivity index (χ4n) is 2.17. The molecule has 2 aromatic carbocycles. The molecule has 22 heavy (non-hydrogen) atoms. The predicted octanol–water partition coefficient (Wildman–Crippen LogP) is 3.47. The molecule has 0 bridgehead atoms. The van der Waals surface area contributed by atoms with Crippen LogP contribution in [0.25, 0.3) is 0 Å². The second-order valence-corrected chi connectivity index (χ2v) is 5.91. The lowest BCUT2D eigenvalue weighted by molar-refractivity contribution is -0.125. The summed E-state index contributed by atoms with van der Waals surface area (Å²) in [6.45, 7) is 6.84. The third-order valence-electron chi connectivity index (χ3n) is 3.74. The van der Waals surface area contributed by atoms with Crippen LogP contribution in [-0.2, 0) is 10.2 Å². The van der Waals surface area contributed by atoms with Crippen molar-refractivity contribution in [2.75, 3.05) is 13.2 Å². The summed E-state index contributed by atoms with van der Waals surface area (Å²) in [6.07, 6.45) is 0. The lowest BCUT2D eigenvalue weighted by atomic mass is 9.84. The highest BCUT2D eigenvalue weighted by Crippen LogP contribution is 2.22. The molecule has 1 amide bonds. The van der Waals surface area contributed by atoms with Gasteiger partial charge in [-0.05, 0) is 38.5 Å². The van der Waals surface area contributed by atoms with Gasteiger partial charge < -0.3 is 10.1 Å². The van der Waals surface area contributed by atoms with E-state index in [2.05, 4.69) is 5.32 Å². The zero-order valence-electron chi connectivity index (χ0n) is 13.4. The molecular formula is C19H23NO2. The fourth-order valence-corrected chi connectivity index (χ4v) is 2.17. The Labute approximate surface area is 132 Å². The smallest absolute Gasteiger partial charge is 0.230 e. The molecule has 3 nitrogen and oxygen atoms in total. The monoisotopic (exact) mass is 297 g/mol. The van der Waals surface area contributed by atoms with E-state index in [1.807, 2.05) is 75.4 Å². The number of hydrogen-bond acceptors (Lipinski definition) is 2. The molecule has 0 atom stereocenters. The first-order valence-electron chi connectivity index (χ1n) is 7.53. The molecule has 0 aromatic heterocycles. The topological polar surface area (TPSA) is 38.3 Å². The van der Waals surface area contributed by atoms with E-state index in [1.54, 1.807) is 0 Å². The lowest BCUT2D eigenvalue weighted by Gasteiger charge is -2.24. The molecule has 2 rings (SSSR count). The molecular weight excluding hydrogens is 274 g/mol. The molecule has 0 heterocycles. The average molecular weight is 297 g/mol. The molecule has 1 N–H and O–H groups in total. The van der Waals surface area contributed by atoms with Crippen molar-refractivity contribution in [3.8, 4) is 5.75 Å². The van der Waals surface area contributed by atoms with Gasteiger partial charge in [-0.25, -0.2) is 0 Å². The molecule has 0 fully saturated rings. The largest absolute Gasteiger partial charge is 0.492 e. The summed E-state index contributed by atoms with van der Waals surface area (Å²) in [5.74, 6) is 0.827. The van der Waals surface area contributed by atoms with Crippen LogP contribution in [0.2, 0.25) is 0 Å². The van der Waals surface area contributed by atoms with Crippen LogP contribution >= 0.6 is 0 Å². The van der Waals surface area contributed by atoms with E-state index in [4.69, 9.17) is 4.74 Å². The van der Waals surface area contributed by atoms with E-state index in [9.17, 15) is 4.79 Å². The van der Waals surface area contributed by atoms with Crippen LogP contribution < -0.4 is 10.1 Å². The van der Waals surface area contributed by atoms with Gasteiger partial charge in [-0.1, -0.05) is 48.0 Å². The van der Waals surface area contributed by atoms with E-state index in [1.165, 1.54) is 5.56 Å². The molecule has 0 spiro atoms. The second kappa shape index (κ2) is 7.12. The Morgan fingerprint density at radius 3 is 2.32 bits per heavy atom. The number of hydrogen-bond donors (Lipinski definition) is 1. The van der Waals surface area contributed by atoms with Crippen LogP contribution in [-0.4, -0.2) is 19.1 Å². The van der Waals surface area contributed by atoms with Crippen LogP contribution in [0.3, 0.4) is 0 Å². The summed E-state index contributed by atoms with van der Waals surface area (Å²) >= 11 is 0. The van der Waals surface area contributed by atoms with Gasteiger partial charge in [0.15, 0.2) is 0 Å². The molecule has 0 unspecified atom stereocenters. The van der Waals surface area contributed by atoms with Gasteiger partial charge in [0.1, 0.15) is 12.4 Å². The highest BCUT2D eigenvalue weighted by Gasteiger charge is 2.28. The lowest BCUT2D eigenvalue weighted by Crippen LogP contribution is -2.41. The summed E-state index contributed by atoms with van der Waals surface area (Å²) in [6, 6.07) is 17.7. The molecule has 0 radical (unpaired) electrons. The minimum absolute atomic E-state index is 0.00575. The average Bonchev–Trinajstić information content (AvgIpc) is 2.54. The van der Waals surface area contributed by atoms with Gasteiger partial charge in [0.25, 0.3) is 0 Å². The maximum atomic E-state index is 12.4. The van der Waals surface area contributed by atoms with Crippen LogP contribution in [0.4, 0.5) is 0 Å². The number of carbonyl (C=O) groups excluding carboxylic acids is 1. The Morgan fingerprint density at radius 2 is 1.68 bits per heavy atom. The standard InChI is InChI=1S/C19H23NO2/c1-15-9-11-17(12-10-15)22-14-13-20-18(21)19(2,3)16-7-5-4-6-8-16/h4-12H,13-14H2,1-3H3,(H,20,21). The van der Waals surface area contributed by atoms with Crippen molar-refractivity contribution in [1.82, 2.24) is 5.32 Å². The molecule has 3 heteroatoms. The number of amides is 1. The van der Waals surface area contributed by atoms with E-state index in [0.29, 0.717) is 13.2 Å². The van der Waals surface area contributed by atoms with Crippen LogP contribution in [0.5, 0.6) is 5.75 Å². The first-order valence-corrected chi connectivity index (χ1v) is 7.53. The summed E-state index contributed by atoms with van der Waals surface area (Å²) < 4.78 is 5.62. The Balaban J connectivity index is 1.81. The van der Waals surface area contributed by atoms with E-state index in [-0.39, 0.29) is 5.91 Å². The third-order valence-corrected chi connectivity index (χ3v) is 3.74. The Hall–Kier alpha value is -2.29. The number of nitrogens with one attached hydrogen (secondary N) is 1. The summed E-state index contributed by atoms with van der Waals surface area (Å²) in [4.78, 5) is 12.4. The Morgan fingerprint density at radius 1 is 1.05 bits per heavy atom. The van der Waals surface area contributed by atoms with Crippen molar-refractivity contribution < 1.29 is 9.53 Å². The minimum Gasteiger partial charge on any atom is -0.492 e. The van der Waals surface area contributed by atoms with E-state index in [0.717, 1.165) is 11.3 Å². The molecule has 0 aliphatic heterocycles. The van der Waals surface area contributed by atoms with Crippen molar-refractivity contribution in [3.05, 3.63) is 65.7 Å². The van der Waals surface area contributed by atoms with Gasteiger partial charge in [-0.15, -0.1) is 0 Å². The molecule has 2 aromatic rings. The molecule has 0 saturated carbocycles. The van der Waals surface area contributed by atoms with Crippen molar-refractivity contribution in [3.63, 3.8) is 0 Å². The van der Waals surface area contributed by atoms with Crippen molar-refractivity contribution in [2.24, 2.45) is 0 Å². The van der Waals surface area contributed by atoms with E-state index >= 15 is 0 Å². The SMILES string of the molecule is Cc1ccc(OCCNC(=O)C(C)(C)c2ccccc2)cc1. The Bertz CT molecular complexity index is 603. The van der Waals surface area contributed by atoms with Gasteiger partial charge >= 0.3 is 0 Å². The number of rotatable bonds is 6. The van der Waals surface area contributed by atoms with Gasteiger partial charge in [-0.3, -0.25) is 4.79 Å². The zero-order valence-corrected chi connectivity index (χ0v) is 13.4.